The Morgan fingerprint density at radius 2 is 0.750 bits per heavy atom. The largest absolute Gasteiger partial charge is 0.472 e. The maximum atomic E-state index is 12.8. The molecule has 2 atom stereocenters. The van der Waals surface area contributed by atoms with Gasteiger partial charge < -0.3 is 18.9 Å². The Bertz CT molecular complexity index is 1560. The van der Waals surface area contributed by atoms with E-state index in [0.717, 1.165) is 89.9 Å². The van der Waals surface area contributed by atoms with Crippen molar-refractivity contribution in [3.8, 4) is 0 Å². The molecule has 0 aliphatic carbocycles. The number of ether oxygens (including phenoxy) is 2. The molecule has 0 heterocycles. The summed E-state index contributed by atoms with van der Waals surface area (Å²) in [5.74, 6) is -0.804. The fraction of sp³-hybridized carbons (Fsp3) is 0.758. The fourth-order valence-corrected chi connectivity index (χ4v) is 9.39. The maximum absolute atomic E-state index is 12.8. The maximum Gasteiger partial charge on any atom is 0.472 e. The molecule has 0 saturated heterocycles. The van der Waals surface area contributed by atoms with Gasteiger partial charge in [0.1, 0.15) is 19.8 Å². The van der Waals surface area contributed by atoms with Gasteiger partial charge in [-0.05, 0) is 70.6 Å². The zero-order valence-corrected chi connectivity index (χ0v) is 50.9. The minimum absolute atomic E-state index is 0.0268. The van der Waals surface area contributed by atoms with Gasteiger partial charge in [0.25, 0.3) is 0 Å². The normalized spacial score (nSPS) is 13.8. The zero-order chi connectivity index (χ0) is 55.6. The van der Waals surface area contributed by atoms with E-state index in [0.29, 0.717) is 17.4 Å². The van der Waals surface area contributed by atoms with Crippen LogP contribution in [0.1, 0.15) is 271 Å². The molecule has 0 aromatic rings. The molecule has 0 fully saturated rings. The summed E-state index contributed by atoms with van der Waals surface area (Å²) in [4.78, 5) is 35.8. The summed E-state index contributed by atoms with van der Waals surface area (Å²) < 4.78 is 34.6. The minimum atomic E-state index is -4.39. The van der Waals surface area contributed by atoms with Crippen LogP contribution >= 0.6 is 7.82 Å². The first-order valence-electron chi connectivity index (χ1n) is 31.3. The molecule has 0 aliphatic rings. The number of hydrogen-bond acceptors (Lipinski definition) is 7. The first-order chi connectivity index (χ1) is 37.0. The van der Waals surface area contributed by atoms with Gasteiger partial charge in [-0.15, -0.1) is 0 Å². The van der Waals surface area contributed by atoms with Gasteiger partial charge in [-0.2, -0.15) is 0 Å². The first kappa shape index (κ1) is 73.2. The Kier molecular flexibility index (Phi) is 54.8. The molecular formula is C66H119NO8P+. The van der Waals surface area contributed by atoms with E-state index in [2.05, 4.69) is 98.9 Å². The van der Waals surface area contributed by atoms with Gasteiger partial charge in [0, 0.05) is 12.8 Å². The van der Waals surface area contributed by atoms with Gasteiger partial charge in [-0.25, -0.2) is 4.57 Å². The second-order valence-corrected chi connectivity index (χ2v) is 23.5. The van der Waals surface area contributed by atoms with Crippen LogP contribution in [-0.4, -0.2) is 74.9 Å². The van der Waals surface area contributed by atoms with Crippen molar-refractivity contribution in [3.63, 3.8) is 0 Å². The van der Waals surface area contributed by atoms with Crippen molar-refractivity contribution in [3.05, 3.63) is 85.1 Å². The highest BCUT2D eigenvalue weighted by Gasteiger charge is 2.27. The van der Waals surface area contributed by atoms with Crippen LogP contribution in [0.15, 0.2) is 85.1 Å². The molecule has 0 radical (unpaired) electrons. The highest BCUT2D eigenvalue weighted by molar-refractivity contribution is 7.47. The summed E-state index contributed by atoms with van der Waals surface area (Å²) in [5, 5.41) is 0. The Morgan fingerprint density at radius 3 is 1.12 bits per heavy atom. The van der Waals surface area contributed by atoms with Crippen molar-refractivity contribution in [2.75, 3.05) is 47.5 Å². The lowest BCUT2D eigenvalue weighted by atomic mass is 10.0. The molecule has 0 spiro atoms. The van der Waals surface area contributed by atoms with E-state index in [1.807, 2.05) is 21.1 Å². The lowest BCUT2D eigenvalue weighted by Gasteiger charge is -2.24. The molecule has 10 heteroatoms. The van der Waals surface area contributed by atoms with E-state index >= 15 is 0 Å². The Hall–Kier alpha value is -2.81. The molecule has 0 aromatic carbocycles. The van der Waals surface area contributed by atoms with Gasteiger partial charge in [0.05, 0.1) is 27.7 Å². The van der Waals surface area contributed by atoms with E-state index < -0.39 is 26.5 Å². The molecule has 9 nitrogen and oxygen atoms in total. The molecule has 0 saturated carbocycles. The van der Waals surface area contributed by atoms with Gasteiger partial charge in [0.2, 0.25) is 0 Å². The van der Waals surface area contributed by atoms with Crippen molar-refractivity contribution in [2.45, 2.75) is 277 Å². The van der Waals surface area contributed by atoms with Gasteiger partial charge in [-0.3, -0.25) is 18.6 Å². The molecule has 0 rings (SSSR count). The lowest BCUT2D eigenvalue weighted by molar-refractivity contribution is -0.870. The predicted octanol–water partition coefficient (Wildman–Crippen LogP) is 19.8. The topological polar surface area (TPSA) is 108 Å². The molecule has 76 heavy (non-hydrogen) atoms. The Morgan fingerprint density at radius 1 is 0.421 bits per heavy atom. The zero-order valence-electron chi connectivity index (χ0n) is 50.0. The number of likely N-dealkylation sites (N-methyl/N-ethyl adjacent to an activating group) is 1. The monoisotopic (exact) mass is 1080 g/mol. The van der Waals surface area contributed by atoms with E-state index in [9.17, 15) is 19.0 Å². The van der Waals surface area contributed by atoms with Crippen LogP contribution in [0.4, 0.5) is 0 Å². The van der Waals surface area contributed by atoms with Gasteiger partial charge in [0.15, 0.2) is 6.10 Å². The van der Waals surface area contributed by atoms with Gasteiger partial charge in [-0.1, -0.05) is 272 Å². The van der Waals surface area contributed by atoms with Crippen LogP contribution in [0.3, 0.4) is 0 Å². The SMILES string of the molecule is CC/C=C\C/C=C\C/C=C\C/C=C\C/C=C\C/C=C\C/C=C\CCCCCCCCCC(=O)OC(COC(=O)CCCCCCCCCCCCCCCCCCCCCCCCC)COP(=O)(O)OCC[N+](C)(C)C. The third-order valence-corrected chi connectivity index (χ3v) is 14.4. The third-order valence-electron chi connectivity index (χ3n) is 13.4. The number of hydrogen-bond donors (Lipinski definition) is 1. The van der Waals surface area contributed by atoms with E-state index in [-0.39, 0.29) is 32.0 Å². The second kappa shape index (κ2) is 56.9. The first-order valence-corrected chi connectivity index (χ1v) is 32.8. The molecule has 0 aliphatic heterocycles. The van der Waals surface area contributed by atoms with Crippen molar-refractivity contribution in [2.24, 2.45) is 0 Å². The predicted molar refractivity (Wildman–Crippen MR) is 325 cm³/mol. The van der Waals surface area contributed by atoms with E-state index in [1.54, 1.807) is 0 Å². The number of allylic oxidation sites excluding steroid dienone is 14. The van der Waals surface area contributed by atoms with Crippen molar-refractivity contribution in [1.82, 2.24) is 0 Å². The van der Waals surface area contributed by atoms with Crippen LogP contribution in [0, 0.1) is 0 Å². The summed E-state index contributed by atoms with van der Waals surface area (Å²) in [5.41, 5.74) is 0. The fourth-order valence-electron chi connectivity index (χ4n) is 8.64. The number of phosphoric ester groups is 1. The molecule has 0 amide bonds. The number of carbonyl (C=O) groups is 2. The smallest absolute Gasteiger partial charge is 0.462 e. The third kappa shape index (κ3) is 60.4. The van der Waals surface area contributed by atoms with Crippen LogP contribution in [0.2, 0.25) is 0 Å². The Balaban J connectivity index is 4.17. The van der Waals surface area contributed by atoms with Crippen LogP contribution in [-0.2, 0) is 32.7 Å². The number of unbranched alkanes of at least 4 members (excludes halogenated alkanes) is 29. The van der Waals surface area contributed by atoms with E-state index in [1.165, 1.54) is 148 Å². The van der Waals surface area contributed by atoms with Crippen LogP contribution in [0.5, 0.6) is 0 Å². The average molecular weight is 1090 g/mol. The number of esters is 2. The van der Waals surface area contributed by atoms with Crippen molar-refractivity contribution >= 4 is 19.8 Å². The molecule has 0 aromatic heterocycles. The number of phosphoric acid groups is 1. The van der Waals surface area contributed by atoms with Gasteiger partial charge >= 0.3 is 19.8 Å². The van der Waals surface area contributed by atoms with Crippen molar-refractivity contribution in [1.29, 1.82) is 0 Å². The second-order valence-electron chi connectivity index (χ2n) is 22.1. The summed E-state index contributed by atoms with van der Waals surface area (Å²) in [6.45, 7) is 4.34. The molecule has 440 valence electrons. The standard InChI is InChI=1S/C66H118NO8P/c1-6-8-10-12-14-16-18-20-22-24-26-28-30-31-32-33-34-35-37-39-41-43-45-47-49-51-53-55-57-59-66(69)75-64(63-74-76(70,71)73-61-60-67(3,4)5)62-72-65(68)58-56-54-52-50-48-46-44-42-40-38-36-29-27-25-23-21-19-17-15-13-11-9-7-2/h8,10,14,16,20,22,26,28,31-32,34-35,39,41,64H,6-7,9,11-13,15,17-19,21,23-25,27,29-30,33,36-38,40,42-63H2,1-5H3/p+1/b10-8-,16-14-,22-20-,28-26-,32-31-,35-34-,41-39-. The minimum Gasteiger partial charge on any atom is -0.462 e. The molecule has 0 bridgehead atoms. The highest BCUT2D eigenvalue weighted by atomic mass is 31.2. The quantitative estimate of drug-likeness (QED) is 0.0211. The average Bonchev–Trinajstić information content (AvgIpc) is 3.38. The summed E-state index contributed by atoms with van der Waals surface area (Å²) in [6.07, 6.45) is 76.6. The number of carbonyl (C=O) groups excluding carboxylic acids is 2. The Labute approximate surface area is 469 Å². The number of nitrogens with zero attached hydrogens (tertiary/aromatic N) is 1. The summed E-state index contributed by atoms with van der Waals surface area (Å²) >= 11 is 0. The molecule has 2 unspecified atom stereocenters. The van der Waals surface area contributed by atoms with E-state index in [4.69, 9.17) is 18.5 Å². The van der Waals surface area contributed by atoms with Crippen LogP contribution in [0.25, 0.3) is 0 Å². The van der Waals surface area contributed by atoms with Crippen molar-refractivity contribution < 1.29 is 42.1 Å². The number of rotatable bonds is 57. The van der Waals surface area contributed by atoms with Crippen LogP contribution < -0.4 is 0 Å². The number of quaternary nitrogens is 1. The lowest BCUT2D eigenvalue weighted by Crippen LogP contribution is -2.37. The summed E-state index contributed by atoms with van der Waals surface area (Å²) in [6, 6.07) is 0. The molecular weight excluding hydrogens is 966 g/mol. The highest BCUT2D eigenvalue weighted by Crippen LogP contribution is 2.43. The summed E-state index contributed by atoms with van der Waals surface area (Å²) in [7, 11) is 1.47. The molecule has 1 N–H and O–H groups in total.